The van der Waals surface area contributed by atoms with Crippen LogP contribution in [0.15, 0.2) is 66.7 Å². The molecule has 0 aliphatic heterocycles. The summed E-state index contributed by atoms with van der Waals surface area (Å²) in [4.78, 5) is 35.3. The molecule has 0 bridgehead atoms. The minimum absolute atomic E-state index is 0.0241. The van der Waals surface area contributed by atoms with Gasteiger partial charge in [-0.15, -0.1) is 0 Å². The molecule has 0 radical (unpaired) electrons. The summed E-state index contributed by atoms with van der Waals surface area (Å²) in [5.41, 5.74) is 4.97. The third-order valence-electron chi connectivity index (χ3n) is 5.80. The molecule has 8 nitrogen and oxygen atoms in total. The van der Waals surface area contributed by atoms with Gasteiger partial charge >= 0.3 is 12.1 Å². The molecule has 0 fully saturated rings. The van der Waals surface area contributed by atoms with E-state index in [9.17, 15) is 19.5 Å². The number of carboxylic acid groups (broad SMARTS) is 1. The fourth-order valence-electron chi connectivity index (χ4n) is 4.05. The lowest BCUT2D eigenvalue weighted by molar-refractivity contribution is -0.146. The number of fused-ring (bicyclic) bond motifs is 3. The van der Waals surface area contributed by atoms with Gasteiger partial charge in [-0.25, -0.2) is 9.59 Å². The molecule has 35 heavy (non-hydrogen) atoms. The molecule has 3 aromatic rings. The van der Waals surface area contributed by atoms with Crippen molar-refractivity contribution >= 4 is 35.3 Å². The van der Waals surface area contributed by atoms with Gasteiger partial charge in [-0.2, -0.15) is 0 Å². The predicted molar refractivity (Wildman–Crippen MR) is 131 cm³/mol. The van der Waals surface area contributed by atoms with Gasteiger partial charge in [0.05, 0.1) is 10.7 Å². The fraction of sp³-hybridized carbons (Fsp3) is 0.192. The number of aliphatic carboxylic acids is 1. The van der Waals surface area contributed by atoms with Crippen molar-refractivity contribution in [1.29, 1.82) is 0 Å². The van der Waals surface area contributed by atoms with Crippen LogP contribution in [-0.4, -0.2) is 47.4 Å². The van der Waals surface area contributed by atoms with Crippen molar-refractivity contribution in [2.75, 3.05) is 18.5 Å². The van der Waals surface area contributed by atoms with Crippen molar-refractivity contribution < 1.29 is 29.3 Å². The van der Waals surface area contributed by atoms with Crippen LogP contribution in [0, 0.1) is 0 Å². The highest BCUT2D eigenvalue weighted by molar-refractivity contribution is 6.34. The lowest BCUT2D eigenvalue weighted by Crippen LogP contribution is -2.30. The Labute approximate surface area is 206 Å². The number of carbonyl (C=O) groups is 3. The Morgan fingerprint density at radius 3 is 2.20 bits per heavy atom. The Kier molecular flexibility index (Phi) is 7.33. The van der Waals surface area contributed by atoms with Gasteiger partial charge in [0.25, 0.3) is 5.91 Å². The first kappa shape index (κ1) is 24.3. The molecule has 1 unspecified atom stereocenters. The van der Waals surface area contributed by atoms with Crippen LogP contribution in [0.2, 0.25) is 5.02 Å². The van der Waals surface area contributed by atoms with Gasteiger partial charge in [0.1, 0.15) is 6.61 Å². The average molecular weight is 495 g/mol. The van der Waals surface area contributed by atoms with Crippen LogP contribution >= 0.6 is 11.6 Å². The van der Waals surface area contributed by atoms with Gasteiger partial charge in [0.15, 0.2) is 6.10 Å². The first-order valence-electron chi connectivity index (χ1n) is 11.0. The van der Waals surface area contributed by atoms with Crippen molar-refractivity contribution in [3.63, 3.8) is 0 Å². The summed E-state index contributed by atoms with van der Waals surface area (Å²) in [5, 5.41) is 23.2. The van der Waals surface area contributed by atoms with E-state index in [4.69, 9.17) is 21.4 Å². The molecular weight excluding hydrogens is 472 g/mol. The number of benzene rings is 3. The summed E-state index contributed by atoms with van der Waals surface area (Å²) in [6.45, 7) is 0.129. The highest BCUT2D eigenvalue weighted by Gasteiger charge is 2.29. The predicted octanol–water partition coefficient (Wildman–Crippen LogP) is 4.27. The number of nitrogens with one attached hydrogen (secondary N) is 2. The van der Waals surface area contributed by atoms with Gasteiger partial charge in [0.2, 0.25) is 0 Å². The Hall–Kier alpha value is -3.88. The third kappa shape index (κ3) is 5.45. The second-order valence-electron chi connectivity index (χ2n) is 8.04. The van der Waals surface area contributed by atoms with E-state index in [1.807, 2.05) is 36.4 Å². The number of aliphatic hydroxyl groups excluding tert-OH is 1. The number of anilines is 1. The third-order valence-corrected chi connectivity index (χ3v) is 6.11. The van der Waals surface area contributed by atoms with Gasteiger partial charge in [0, 0.05) is 24.4 Å². The zero-order chi connectivity index (χ0) is 24.9. The van der Waals surface area contributed by atoms with Crippen molar-refractivity contribution in [2.24, 2.45) is 0 Å². The number of carboxylic acids is 1. The summed E-state index contributed by atoms with van der Waals surface area (Å²) in [6, 6.07) is 20.4. The van der Waals surface area contributed by atoms with Crippen molar-refractivity contribution in [1.82, 2.24) is 5.32 Å². The van der Waals surface area contributed by atoms with Crippen LogP contribution in [0.3, 0.4) is 0 Å². The molecule has 0 saturated carbocycles. The van der Waals surface area contributed by atoms with Crippen molar-refractivity contribution in [2.45, 2.75) is 18.4 Å². The Morgan fingerprint density at radius 2 is 1.60 bits per heavy atom. The summed E-state index contributed by atoms with van der Waals surface area (Å²) in [6.07, 6.45) is -2.35. The lowest BCUT2D eigenvalue weighted by atomic mass is 9.98. The van der Waals surface area contributed by atoms with Gasteiger partial charge < -0.3 is 20.3 Å². The normalized spacial score (nSPS) is 12.9. The highest BCUT2D eigenvalue weighted by Crippen LogP contribution is 2.44. The Morgan fingerprint density at radius 1 is 0.971 bits per heavy atom. The molecule has 180 valence electrons. The summed E-state index contributed by atoms with van der Waals surface area (Å²) in [5.74, 6) is -1.92. The minimum Gasteiger partial charge on any atom is -0.479 e. The molecule has 4 rings (SSSR count). The second kappa shape index (κ2) is 10.6. The zero-order valence-corrected chi connectivity index (χ0v) is 19.3. The topological polar surface area (TPSA) is 125 Å². The van der Waals surface area contributed by atoms with Gasteiger partial charge in [-0.05, 0) is 40.5 Å². The summed E-state index contributed by atoms with van der Waals surface area (Å²) >= 11 is 6.24. The smallest absolute Gasteiger partial charge is 0.411 e. The van der Waals surface area contributed by atoms with E-state index < -0.39 is 24.1 Å². The van der Waals surface area contributed by atoms with E-state index in [1.165, 1.54) is 18.2 Å². The summed E-state index contributed by atoms with van der Waals surface area (Å²) in [7, 11) is 0. The molecule has 0 heterocycles. The standard InChI is InChI=1S/C26H23ClN2O6/c27-21-13-15(24(31)28-12-11-23(30)25(32)33)9-10-22(21)29-26(34)35-14-20-18-7-3-1-5-16(18)17-6-2-4-8-19(17)20/h1-10,13,20,23,30H,11-12,14H2,(H,28,31)(H,29,34)(H,32,33). The number of rotatable bonds is 8. The summed E-state index contributed by atoms with van der Waals surface area (Å²) < 4.78 is 5.51. The lowest BCUT2D eigenvalue weighted by Gasteiger charge is -2.15. The van der Waals surface area contributed by atoms with E-state index in [2.05, 4.69) is 22.8 Å². The highest BCUT2D eigenvalue weighted by atomic mass is 35.5. The minimum atomic E-state index is -1.55. The van der Waals surface area contributed by atoms with Crippen LogP contribution in [-0.2, 0) is 9.53 Å². The Balaban J connectivity index is 1.34. The maximum atomic E-state index is 12.5. The quantitative estimate of drug-likeness (QED) is 0.370. The molecule has 4 N–H and O–H groups in total. The molecule has 1 atom stereocenters. The molecule has 0 spiro atoms. The second-order valence-corrected chi connectivity index (χ2v) is 8.45. The molecule has 1 aliphatic rings. The first-order chi connectivity index (χ1) is 16.8. The maximum absolute atomic E-state index is 12.5. The molecule has 9 heteroatoms. The number of aliphatic hydroxyl groups is 1. The van der Waals surface area contributed by atoms with E-state index in [0.29, 0.717) is 0 Å². The number of hydrogen-bond acceptors (Lipinski definition) is 5. The molecule has 2 amide bonds. The monoisotopic (exact) mass is 494 g/mol. The molecule has 1 aliphatic carbocycles. The van der Waals surface area contributed by atoms with Crippen molar-refractivity contribution in [3.8, 4) is 11.1 Å². The number of carbonyl (C=O) groups excluding carboxylic acids is 2. The van der Waals surface area contributed by atoms with Crippen LogP contribution in [0.25, 0.3) is 11.1 Å². The van der Waals surface area contributed by atoms with Crippen LogP contribution in [0.1, 0.15) is 33.8 Å². The molecular formula is C26H23ClN2O6. The number of hydrogen-bond donors (Lipinski definition) is 4. The van der Waals surface area contributed by atoms with E-state index >= 15 is 0 Å². The van der Waals surface area contributed by atoms with Crippen molar-refractivity contribution in [3.05, 3.63) is 88.4 Å². The van der Waals surface area contributed by atoms with Crippen LogP contribution in [0.5, 0.6) is 0 Å². The zero-order valence-electron chi connectivity index (χ0n) is 18.5. The van der Waals surface area contributed by atoms with E-state index in [1.54, 1.807) is 0 Å². The van der Waals surface area contributed by atoms with E-state index in [0.717, 1.165) is 22.3 Å². The number of halogens is 1. The first-order valence-corrected chi connectivity index (χ1v) is 11.3. The fourth-order valence-corrected chi connectivity index (χ4v) is 4.28. The molecule has 0 aromatic heterocycles. The van der Waals surface area contributed by atoms with Gasteiger partial charge in [-0.1, -0.05) is 60.1 Å². The van der Waals surface area contributed by atoms with Crippen LogP contribution in [0.4, 0.5) is 10.5 Å². The molecule has 3 aromatic carbocycles. The average Bonchev–Trinajstić information content (AvgIpc) is 3.17. The SMILES string of the molecule is O=C(Nc1ccc(C(=O)NCCC(O)C(=O)O)cc1Cl)OCC1c2ccccc2-c2ccccc21. The number of amides is 2. The maximum Gasteiger partial charge on any atom is 0.411 e. The Bertz CT molecular complexity index is 1230. The van der Waals surface area contributed by atoms with Gasteiger partial charge in [-0.3, -0.25) is 10.1 Å². The number of ether oxygens (including phenoxy) is 1. The largest absolute Gasteiger partial charge is 0.479 e. The van der Waals surface area contributed by atoms with Crippen LogP contribution < -0.4 is 10.6 Å². The van der Waals surface area contributed by atoms with E-state index in [-0.39, 0.29) is 41.8 Å². The molecule has 0 saturated heterocycles.